The van der Waals surface area contributed by atoms with E-state index in [1.807, 2.05) is 18.2 Å². The van der Waals surface area contributed by atoms with Gasteiger partial charge in [0.25, 0.3) is 0 Å². The van der Waals surface area contributed by atoms with Crippen LogP contribution in [0.25, 0.3) is 0 Å². The summed E-state index contributed by atoms with van der Waals surface area (Å²) in [5.41, 5.74) is 1.22. The predicted molar refractivity (Wildman–Crippen MR) is 67.1 cm³/mol. The zero-order chi connectivity index (χ0) is 11.9. The number of nitrogens with one attached hydrogen (secondary N) is 1. The van der Waals surface area contributed by atoms with Crippen molar-refractivity contribution in [2.45, 2.75) is 19.9 Å². The van der Waals surface area contributed by atoms with Crippen LogP contribution in [0.15, 0.2) is 30.3 Å². The Bertz CT molecular complexity index is 387. The van der Waals surface area contributed by atoms with Gasteiger partial charge in [0, 0.05) is 12.3 Å². The third kappa shape index (κ3) is 5.28. The molecule has 0 amide bonds. The lowest BCUT2D eigenvalue weighted by Gasteiger charge is -2.04. The fourth-order valence-corrected chi connectivity index (χ4v) is 2.26. The molecule has 0 unspecified atom stereocenters. The number of hydrogen-bond acceptors (Lipinski definition) is 3. The molecule has 0 atom stereocenters. The van der Waals surface area contributed by atoms with E-state index in [0.29, 0.717) is 6.42 Å². The highest BCUT2D eigenvalue weighted by molar-refractivity contribution is 7.91. The van der Waals surface area contributed by atoms with Crippen LogP contribution >= 0.6 is 0 Å². The number of benzene rings is 1. The molecular weight excluding hydrogens is 222 g/mol. The summed E-state index contributed by atoms with van der Waals surface area (Å²) in [6.07, 6.45) is 0.684. The van der Waals surface area contributed by atoms with Gasteiger partial charge in [-0.05, 0) is 18.5 Å². The molecule has 16 heavy (non-hydrogen) atoms. The molecule has 1 N–H and O–H groups in total. The summed E-state index contributed by atoms with van der Waals surface area (Å²) in [6, 6.07) is 10.1. The van der Waals surface area contributed by atoms with Gasteiger partial charge >= 0.3 is 0 Å². The lowest BCUT2D eigenvalue weighted by Crippen LogP contribution is -2.18. The minimum absolute atomic E-state index is 0.242. The monoisotopic (exact) mass is 241 g/mol. The van der Waals surface area contributed by atoms with E-state index in [9.17, 15) is 8.42 Å². The summed E-state index contributed by atoms with van der Waals surface area (Å²) in [6.45, 7) is 3.23. The smallest absolute Gasteiger partial charge is 0.150 e. The second-order valence-corrected chi connectivity index (χ2v) is 6.23. The van der Waals surface area contributed by atoms with Crippen molar-refractivity contribution >= 4 is 9.84 Å². The molecule has 0 aliphatic carbocycles. The van der Waals surface area contributed by atoms with Gasteiger partial charge in [0.1, 0.15) is 9.84 Å². The fourth-order valence-electron chi connectivity index (χ4n) is 1.39. The van der Waals surface area contributed by atoms with Gasteiger partial charge in [-0.15, -0.1) is 0 Å². The second-order valence-electron chi connectivity index (χ2n) is 3.75. The third-order valence-corrected chi connectivity index (χ3v) is 4.21. The van der Waals surface area contributed by atoms with Crippen molar-refractivity contribution in [3.63, 3.8) is 0 Å². The first-order valence-corrected chi connectivity index (χ1v) is 7.41. The molecule has 0 aromatic heterocycles. The van der Waals surface area contributed by atoms with Crippen LogP contribution in [-0.2, 0) is 16.4 Å². The van der Waals surface area contributed by atoms with Crippen LogP contribution < -0.4 is 5.32 Å². The number of rotatable bonds is 7. The van der Waals surface area contributed by atoms with Crippen LogP contribution in [-0.4, -0.2) is 26.5 Å². The normalized spacial score (nSPS) is 11.6. The zero-order valence-corrected chi connectivity index (χ0v) is 10.5. The zero-order valence-electron chi connectivity index (χ0n) is 9.65. The van der Waals surface area contributed by atoms with Crippen molar-refractivity contribution in [1.29, 1.82) is 0 Å². The largest absolute Gasteiger partial charge is 0.313 e. The molecule has 0 fully saturated rings. The summed E-state index contributed by atoms with van der Waals surface area (Å²) in [5.74, 6) is 0.525. The molecule has 0 spiro atoms. The number of hydrogen-bond donors (Lipinski definition) is 1. The summed E-state index contributed by atoms with van der Waals surface area (Å²) in [7, 11) is -2.80. The van der Waals surface area contributed by atoms with Crippen molar-refractivity contribution in [3.8, 4) is 0 Å². The maximum absolute atomic E-state index is 11.2. The second kappa shape index (κ2) is 6.66. The molecule has 0 aliphatic heterocycles. The summed E-state index contributed by atoms with van der Waals surface area (Å²) >= 11 is 0. The Labute approximate surface area is 97.8 Å². The van der Waals surface area contributed by atoms with E-state index in [4.69, 9.17) is 0 Å². The van der Waals surface area contributed by atoms with Crippen molar-refractivity contribution in [1.82, 2.24) is 5.32 Å². The first-order chi connectivity index (χ1) is 7.64. The lowest BCUT2D eigenvalue weighted by atomic mass is 10.2. The van der Waals surface area contributed by atoms with Gasteiger partial charge < -0.3 is 5.32 Å². The SMILES string of the molecule is CCS(=O)(=O)CCCNCc1ccccc1. The summed E-state index contributed by atoms with van der Waals surface area (Å²) in [4.78, 5) is 0. The third-order valence-electron chi connectivity index (χ3n) is 2.42. The summed E-state index contributed by atoms with van der Waals surface area (Å²) < 4.78 is 22.4. The first-order valence-electron chi connectivity index (χ1n) is 5.59. The Morgan fingerprint density at radius 2 is 1.88 bits per heavy atom. The highest BCUT2D eigenvalue weighted by atomic mass is 32.2. The van der Waals surface area contributed by atoms with Gasteiger partial charge in [0.05, 0.1) is 5.75 Å². The van der Waals surface area contributed by atoms with Gasteiger partial charge in [-0.1, -0.05) is 37.3 Å². The molecular formula is C12H19NO2S. The van der Waals surface area contributed by atoms with Gasteiger partial charge in [-0.2, -0.15) is 0 Å². The molecule has 0 saturated carbocycles. The van der Waals surface area contributed by atoms with Gasteiger partial charge in [0.2, 0.25) is 0 Å². The first kappa shape index (κ1) is 13.2. The van der Waals surface area contributed by atoms with Crippen LogP contribution in [0.3, 0.4) is 0 Å². The number of sulfone groups is 1. The molecule has 90 valence electrons. The van der Waals surface area contributed by atoms with Crippen LogP contribution in [0, 0.1) is 0 Å². The van der Waals surface area contributed by atoms with Crippen molar-refractivity contribution < 1.29 is 8.42 Å². The van der Waals surface area contributed by atoms with Gasteiger partial charge in [-0.25, -0.2) is 8.42 Å². The average molecular weight is 241 g/mol. The molecule has 1 rings (SSSR count). The average Bonchev–Trinajstić information content (AvgIpc) is 2.30. The Morgan fingerprint density at radius 3 is 2.50 bits per heavy atom. The van der Waals surface area contributed by atoms with Gasteiger partial charge in [0.15, 0.2) is 0 Å². The van der Waals surface area contributed by atoms with Crippen molar-refractivity contribution in [2.75, 3.05) is 18.1 Å². The van der Waals surface area contributed by atoms with E-state index in [2.05, 4.69) is 17.4 Å². The molecule has 0 radical (unpaired) electrons. The predicted octanol–water partition coefficient (Wildman–Crippen LogP) is 1.60. The van der Waals surface area contributed by atoms with E-state index in [1.165, 1.54) is 5.56 Å². The van der Waals surface area contributed by atoms with E-state index in [1.54, 1.807) is 6.92 Å². The highest BCUT2D eigenvalue weighted by Crippen LogP contribution is 1.97. The highest BCUT2D eigenvalue weighted by Gasteiger charge is 2.05. The lowest BCUT2D eigenvalue weighted by molar-refractivity contribution is 0.590. The van der Waals surface area contributed by atoms with E-state index in [-0.39, 0.29) is 11.5 Å². The fraction of sp³-hybridized carbons (Fsp3) is 0.500. The van der Waals surface area contributed by atoms with Crippen molar-refractivity contribution in [3.05, 3.63) is 35.9 Å². The van der Waals surface area contributed by atoms with Gasteiger partial charge in [-0.3, -0.25) is 0 Å². The Hall–Kier alpha value is -0.870. The van der Waals surface area contributed by atoms with Crippen LogP contribution in [0.2, 0.25) is 0 Å². The minimum atomic E-state index is -2.80. The molecule has 0 saturated heterocycles. The topological polar surface area (TPSA) is 46.2 Å². The van der Waals surface area contributed by atoms with E-state index >= 15 is 0 Å². The Morgan fingerprint density at radius 1 is 1.19 bits per heavy atom. The molecule has 0 aliphatic rings. The van der Waals surface area contributed by atoms with Crippen LogP contribution in [0.5, 0.6) is 0 Å². The molecule has 1 aromatic carbocycles. The van der Waals surface area contributed by atoms with E-state index in [0.717, 1.165) is 13.1 Å². The van der Waals surface area contributed by atoms with Crippen molar-refractivity contribution in [2.24, 2.45) is 0 Å². The summed E-state index contributed by atoms with van der Waals surface area (Å²) in [5, 5.41) is 3.23. The van der Waals surface area contributed by atoms with Crippen LogP contribution in [0.4, 0.5) is 0 Å². The molecule has 0 bridgehead atoms. The maximum atomic E-state index is 11.2. The maximum Gasteiger partial charge on any atom is 0.150 e. The quantitative estimate of drug-likeness (QED) is 0.738. The van der Waals surface area contributed by atoms with E-state index < -0.39 is 9.84 Å². The standard InChI is InChI=1S/C12H19NO2S/c1-2-16(14,15)10-6-9-13-11-12-7-4-3-5-8-12/h3-5,7-8,13H,2,6,9-11H2,1H3. The molecule has 3 nitrogen and oxygen atoms in total. The Balaban J connectivity index is 2.14. The minimum Gasteiger partial charge on any atom is -0.313 e. The molecule has 0 heterocycles. The molecule has 1 aromatic rings. The Kier molecular flexibility index (Phi) is 5.49. The van der Waals surface area contributed by atoms with Crippen LogP contribution in [0.1, 0.15) is 18.9 Å². The molecule has 4 heteroatoms.